The summed E-state index contributed by atoms with van der Waals surface area (Å²) in [4.78, 5) is 23.5. The number of aryl methyl sites for hydroxylation is 2. The molecule has 0 spiro atoms. The van der Waals surface area contributed by atoms with E-state index in [0.29, 0.717) is 5.56 Å². The van der Waals surface area contributed by atoms with Gasteiger partial charge in [0.25, 0.3) is 5.91 Å². The molecule has 2 N–H and O–H groups in total. The third-order valence-corrected chi connectivity index (χ3v) is 5.34. The minimum atomic E-state index is -3.75. The molecule has 2 aromatic carbocycles. The Morgan fingerprint density at radius 1 is 1.11 bits per heavy atom. The first-order valence-corrected chi connectivity index (χ1v) is 9.93. The number of carbonyl (C=O) groups excluding carboxylic acids is 2. The fourth-order valence-corrected chi connectivity index (χ4v) is 3.70. The van der Waals surface area contributed by atoms with Crippen molar-refractivity contribution in [1.29, 1.82) is 0 Å². The van der Waals surface area contributed by atoms with Crippen molar-refractivity contribution in [2.45, 2.75) is 25.2 Å². The number of carbonyl (C=O) groups is 2. The van der Waals surface area contributed by atoms with Gasteiger partial charge in [0, 0.05) is 12.2 Å². The van der Waals surface area contributed by atoms with Crippen molar-refractivity contribution < 1.29 is 27.1 Å². The second kappa shape index (κ2) is 9.43. The van der Waals surface area contributed by atoms with Gasteiger partial charge in [0.05, 0.1) is 11.3 Å². The van der Waals surface area contributed by atoms with E-state index >= 15 is 0 Å². The number of hydrogen-bond donors (Lipinski definition) is 2. The Kier molecular flexibility index (Phi) is 7.24. The van der Waals surface area contributed by atoms with E-state index in [2.05, 4.69) is 10.0 Å². The van der Waals surface area contributed by atoms with Crippen LogP contribution in [0.4, 0.5) is 10.1 Å². The van der Waals surface area contributed by atoms with Crippen molar-refractivity contribution >= 4 is 27.6 Å². The van der Waals surface area contributed by atoms with Gasteiger partial charge in [-0.15, -0.1) is 0 Å². The van der Waals surface area contributed by atoms with Crippen LogP contribution in [0.25, 0.3) is 0 Å². The number of benzene rings is 2. The molecule has 0 aliphatic rings. The van der Waals surface area contributed by atoms with Gasteiger partial charge in [-0.25, -0.2) is 17.5 Å². The van der Waals surface area contributed by atoms with Crippen LogP contribution in [0.1, 0.15) is 17.5 Å². The molecule has 1 amide bonds. The van der Waals surface area contributed by atoms with Gasteiger partial charge in [-0.05, 0) is 43.7 Å². The van der Waals surface area contributed by atoms with Gasteiger partial charge in [-0.3, -0.25) is 9.59 Å². The van der Waals surface area contributed by atoms with E-state index in [-0.39, 0.29) is 23.5 Å². The van der Waals surface area contributed by atoms with Crippen molar-refractivity contribution in [3.8, 4) is 0 Å². The molecular formula is C19H21FN2O5S. The summed E-state index contributed by atoms with van der Waals surface area (Å²) in [5, 5.41) is 2.38. The van der Waals surface area contributed by atoms with E-state index in [4.69, 9.17) is 4.74 Å². The number of rotatable bonds is 8. The Morgan fingerprint density at radius 3 is 2.54 bits per heavy atom. The molecule has 0 saturated carbocycles. The lowest BCUT2D eigenvalue weighted by Crippen LogP contribution is -2.28. The van der Waals surface area contributed by atoms with E-state index in [1.165, 1.54) is 24.3 Å². The first kappa shape index (κ1) is 21.5. The second-order valence-electron chi connectivity index (χ2n) is 6.14. The molecule has 0 heterocycles. The van der Waals surface area contributed by atoms with Gasteiger partial charge in [-0.2, -0.15) is 0 Å². The quantitative estimate of drug-likeness (QED) is 0.653. The van der Waals surface area contributed by atoms with Gasteiger partial charge in [-0.1, -0.05) is 23.8 Å². The maximum atomic E-state index is 13.0. The number of sulfonamides is 1. The summed E-state index contributed by atoms with van der Waals surface area (Å²) in [7, 11) is -3.75. The van der Waals surface area contributed by atoms with Crippen LogP contribution in [-0.2, 0) is 24.3 Å². The molecule has 28 heavy (non-hydrogen) atoms. The summed E-state index contributed by atoms with van der Waals surface area (Å²) < 4.78 is 44.7. The topological polar surface area (TPSA) is 102 Å². The summed E-state index contributed by atoms with van der Waals surface area (Å²) in [5.74, 6) is -1.88. The average molecular weight is 408 g/mol. The van der Waals surface area contributed by atoms with Crippen LogP contribution < -0.4 is 10.0 Å². The van der Waals surface area contributed by atoms with Gasteiger partial charge in [0.15, 0.2) is 6.61 Å². The van der Waals surface area contributed by atoms with Crippen LogP contribution in [0.2, 0.25) is 0 Å². The fraction of sp³-hybridized carbons (Fsp3) is 0.263. The van der Waals surface area contributed by atoms with Crippen LogP contribution in [-0.4, -0.2) is 33.4 Å². The van der Waals surface area contributed by atoms with E-state index in [9.17, 15) is 22.4 Å². The summed E-state index contributed by atoms with van der Waals surface area (Å²) in [6.07, 6.45) is -0.239. The Labute approximate surface area is 163 Å². The first-order chi connectivity index (χ1) is 13.2. The van der Waals surface area contributed by atoms with E-state index in [1.54, 1.807) is 19.1 Å². The third kappa shape index (κ3) is 6.43. The molecule has 0 saturated heterocycles. The van der Waals surface area contributed by atoms with Crippen LogP contribution in [0.3, 0.4) is 0 Å². The number of esters is 1. The number of halogens is 1. The molecule has 0 bridgehead atoms. The summed E-state index contributed by atoms with van der Waals surface area (Å²) >= 11 is 0. The number of ether oxygens (including phenoxy) is 1. The molecule has 0 aliphatic heterocycles. The maximum absolute atomic E-state index is 13.0. The molecule has 7 nitrogen and oxygen atoms in total. The second-order valence-corrected chi connectivity index (χ2v) is 7.87. The lowest BCUT2D eigenvalue weighted by atomic mass is 10.2. The van der Waals surface area contributed by atoms with Gasteiger partial charge >= 0.3 is 5.97 Å². The van der Waals surface area contributed by atoms with Crippen LogP contribution >= 0.6 is 0 Å². The molecular weight excluding hydrogens is 387 g/mol. The summed E-state index contributed by atoms with van der Waals surface area (Å²) in [6, 6.07) is 10.2. The summed E-state index contributed by atoms with van der Waals surface area (Å²) in [5.41, 5.74) is 1.78. The van der Waals surface area contributed by atoms with Gasteiger partial charge < -0.3 is 10.1 Å². The first-order valence-electron chi connectivity index (χ1n) is 8.45. The van der Waals surface area contributed by atoms with Gasteiger partial charge in [0.1, 0.15) is 5.82 Å². The predicted molar refractivity (Wildman–Crippen MR) is 102 cm³/mol. The standard InChI is InChI=1S/C19H21FN2O5S/c1-13-6-7-17(14(2)10-13)28(25,26)21-9-8-19(24)27-12-18(23)22-16-5-3-4-15(20)11-16/h3-7,10-11,21H,8-9,12H2,1-2H3,(H,22,23). The lowest BCUT2D eigenvalue weighted by molar-refractivity contribution is -0.147. The molecule has 0 fully saturated rings. The lowest BCUT2D eigenvalue weighted by Gasteiger charge is -2.10. The number of nitrogens with one attached hydrogen (secondary N) is 2. The normalized spacial score (nSPS) is 11.1. The Balaban J connectivity index is 1.77. The molecule has 0 aromatic heterocycles. The Hall–Kier alpha value is -2.78. The molecule has 0 unspecified atom stereocenters. The van der Waals surface area contributed by atoms with E-state index in [1.807, 2.05) is 6.92 Å². The van der Waals surface area contributed by atoms with Crippen molar-refractivity contribution in [2.24, 2.45) is 0 Å². The highest BCUT2D eigenvalue weighted by atomic mass is 32.2. The van der Waals surface area contributed by atoms with Crippen LogP contribution in [0.15, 0.2) is 47.4 Å². The fourth-order valence-electron chi connectivity index (χ4n) is 2.45. The van der Waals surface area contributed by atoms with Crippen LogP contribution in [0.5, 0.6) is 0 Å². The Morgan fingerprint density at radius 2 is 1.86 bits per heavy atom. The molecule has 2 aromatic rings. The predicted octanol–water partition coefficient (Wildman–Crippen LogP) is 2.29. The zero-order valence-corrected chi connectivity index (χ0v) is 16.3. The zero-order chi connectivity index (χ0) is 20.7. The molecule has 0 atom stereocenters. The smallest absolute Gasteiger partial charge is 0.307 e. The number of amides is 1. The highest BCUT2D eigenvalue weighted by molar-refractivity contribution is 7.89. The monoisotopic (exact) mass is 408 g/mol. The maximum Gasteiger partial charge on any atom is 0.307 e. The highest BCUT2D eigenvalue weighted by Gasteiger charge is 2.17. The van der Waals surface area contributed by atoms with E-state index < -0.39 is 34.3 Å². The van der Waals surface area contributed by atoms with Crippen molar-refractivity contribution in [2.75, 3.05) is 18.5 Å². The average Bonchev–Trinajstić information content (AvgIpc) is 2.59. The van der Waals surface area contributed by atoms with Crippen LogP contribution in [0, 0.1) is 19.7 Å². The molecule has 0 radical (unpaired) electrons. The summed E-state index contributed by atoms with van der Waals surface area (Å²) in [6.45, 7) is 2.82. The highest BCUT2D eigenvalue weighted by Crippen LogP contribution is 2.16. The minimum Gasteiger partial charge on any atom is -0.456 e. The molecule has 9 heteroatoms. The molecule has 0 aliphatic carbocycles. The zero-order valence-electron chi connectivity index (χ0n) is 15.5. The van der Waals surface area contributed by atoms with E-state index in [0.717, 1.165) is 11.6 Å². The Bertz CT molecular complexity index is 976. The molecule has 2 rings (SSSR count). The van der Waals surface area contributed by atoms with Crippen molar-refractivity contribution in [3.63, 3.8) is 0 Å². The largest absolute Gasteiger partial charge is 0.456 e. The SMILES string of the molecule is Cc1ccc(S(=O)(=O)NCCC(=O)OCC(=O)Nc2cccc(F)c2)c(C)c1. The van der Waals surface area contributed by atoms with Crippen molar-refractivity contribution in [3.05, 3.63) is 59.4 Å². The number of hydrogen-bond acceptors (Lipinski definition) is 5. The third-order valence-electron chi connectivity index (χ3n) is 3.71. The number of anilines is 1. The minimum absolute atomic E-state index is 0.140. The van der Waals surface area contributed by atoms with Gasteiger partial charge in [0.2, 0.25) is 10.0 Å². The van der Waals surface area contributed by atoms with Crippen molar-refractivity contribution in [1.82, 2.24) is 4.72 Å². The molecule has 150 valence electrons.